The molecule has 0 atom stereocenters. The van der Waals surface area contributed by atoms with E-state index < -0.39 is 0 Å². The average Bonchev–Trinajstić information content (AvgIpc) is 2.70. The number of hydrogen-bond acceptors (Lipinski definition) is 5. The summed E-state index contributed by atoms with van der Waals surface area (Å²) in [6, 6.07) is 10.7. The van der Waals surface area contributed by atoms with Crippen LogP contribution in [0.15, 0.2) is 41.3 Å². The van der Waals surface area contributed by atoms with Gasteiger partial charge in [-0.05, 0) is 49.7 Å². The normalized spacial score (nSPS) is 13.0. The van der Waals surface area contributed by atoms with Gasteiger partial charge < -0.3 is 14.4 Å². The van der Waals surface area contributed by atoms with Gasteiger partial charge in [0, 0.05) is 34.2 Å². The molecule has 1 aliphatic heterocycles. The van der Waals surface area contributed by atoms with Gasteiger partial charge in [0.1, 0.15) is 0 Å². The fourth-order valence-corrected chi connectivity index (χ4v) is 4.14. The van der Waals surface area contributed by atoms with Gasteiger partial charge in [-0.1, -0.05) is 11.6 Å². The van der Waals surface area contributed by atoms with Crippen molar-refractivity contribution in [3.8, 4) is 11.5 Å². The van der Waals surface area contributed by atoms with Gasteiger partial charge in [0.2, 0.25) is 5.91 Å². The van der Waals surface area contributed by atoms with Crippen LogP contribution in [0.3, 0.4) is 0 Å². The Hall–Kier alpha value is -2.18. The van der Waals surface area contributed by atoms with E-state index in [2.05, 4.69) is 0 Å². The molecule has 0 saturated heterocycles. The number of ether oxygens (including phenoxy) is 2. The van der Waals surface area contributed by atoms with Crippen LogP contribution >= 0.6 is 23.4 Å². The Morgan fingerprint density at radius 3 is 2.75 bits per heavy atom. The number of ketones is 1. The number of Topliss-reactive ketones (excluding diaryl/α,β-unsaturated/α-hetero) is 1. The second-order valence-electron chi connectivity index (χ2n) is 6.38. The minimum atomic E-state index is -0.0319. The number of anilines is 1. The van der Waals surface area contributed by atoms with E-state index in [4.69, 9.17) is 21.1 Å². The lowest BCUT2D eigenvalue weighted by molar-refractivity contribution is -0.118. The Morgan fingerprint density at radius 1 is 1.18 bits per heavy atom. The summed E-state index contributed by atoms with van der Waals surface area (Å²) in [5.74, 6) is 1.97. The summed E-state index contributed by atoms with van der Waals surface area (Å²) >= 11 is 7.84. The van der Waals surface area contributed by atoms with E-state index in [1.807, 2.05) is 18.2 Å². The van der Waals surface area contributed by atoms with E-state index in [0.717, 1.165) is 16.3 Å². The molecule has 0 aliphatic carbocycles. The third kappa shape index (κ3) is 4.80. The molecule has 0 fully saturated rings. The van der Waals surface area contributed by atoms with Crippen LogP contribution in [0.1, 0.15) is 30.1 Å². The summed E-state index contributed by atoms with van der Waals surface area (Å²) in [6.07, 6.45) is 0.959. The van der Waals surface area contributed by atoms with Crippen LogP contribution < -0.4 is 14.4 Å². The number of methoxy groups -OCH3 is 1. The van der Waals surface area contributed by atoms with Crippen LogP contribution in [0.25, 0.3) is 0 Å². The fraction of sp³-hybridized carbons (Fsp3) is 0.333. The number of benzene rings is 2. The van der Waals surface area contributed by atoms with Gasteiger partial charge in [-0.3, -0.25) is 9.59 Å². The van der Waals surface area contributed by atoms with Gasteiger partial charge in [0.25, 0.3) is 0 Å². The molecule has 0 saturated carbocycles. The molecule has 3 rings (SSSR count). The first-order chi connectivity index (χ1) is 13.5. The Bertz CT molecular complexity index is 887. The van der Waals surface area contributed by atoms with Crippen molar-refractivity contribution in [1.82, 2.24) is 0 Å². The molecule has 2 aromatic rings. The topological polar surface area (TPSA) is 55.8 Å². The summed E-state index contributed by atoms with van der Waals surface area (Å²) in [7, 11) is 1.53. The quantitative estimate of drug-likeness (QED) is 0.474. The number of thioether (sulfide) groups is 1. The van der Waals surface area contributed by atoms with Crippen LogP contribution in [0, 0.1) is 0 Å². The van der Waals surface area contributed by atoms with Crippen molar-refractivity contribution < 1.29 is 19.1 Å². The number of halogens is 1. The van der Waals surface area contributed by atoms with Crippen LogP contribution in [0.2, 0.25) is 5.02 Å². The van der Waals surface area contributed by atoms with E-state index in [0.29, 0.717) is 48.1 Å². The molecular formula is C21H22ClNO4S. The molecule has 7 heteroatoms. The largest absolute Gasteiger partial charge is 0.493 e. The summed E-state index contributed by atoms with van der Waals surface area (Å²) in [5, 5.41) is 0.628. The maximum absolute atomic E-state index is 12.7. The molecule has 5 nitrogen and oxygen atoms in total. The summed E-state index contributed by atoms with van der Waals surface area (Å²) in [4.78, 5) is 27.0. The second kappa shape index (κ2) is 9.34. The monoisotopic (exact) mass is 419 g/mol. The van der Waals surface area contributed by atoms with Crippen LogP contribution in [0.5, 0.6) is 11.5 Å². The van der Waals surface area contributed by atoms with Gasteiger partial charge in [-0.25, -0.2) is 0 Å². The molecule has 2 aromatic carbocycles. The molecule has 0 aromatic heterocycles. The number of carbonyl (C=O) groups is 2. The van der Waals surface area contributed by atoms with E-state index in [1.165, 1.54) is 14.0 Å². The number of nitrogens with zero attached hydrogens (tertiary/aromatic N) is 1. The Morgan fingerprint density at radius 2 is 2.00 bits per heavy atom. The maximum atomic E-state index is 12.7. The average molecular weight is 420 g/mol. The number of fused-ring (bicyclic) bond motifs is 1. The smallest absolute Gasteiger partial charge is 0.227 e. The maximum Gasteiger partial charge on any atom is 0.227 e. The first-order valence-electron chi connectivity index (χ1n) is 9.04. The molecule has 0 N–H and O–H groups in total. The highest BCUT2D eigenvalue weighted by molar-refractivity contribution is 7.99. The second-order valence-corrected chi connectivity index (χ2v) is 7.95. The third-order valence-corrected chi connectivity index (χ3v) is 5.73. The summed E-state index contributed by atoms with van der Waals surface area (Å²) in [5.41, 5.74) is 1.45. The molecule has 1 amide bonds. The van der Waals surface area contributed by atoms with Crippen LogP contribution in [-0.2, 0) is 4.79 Å². The molecule has 28 heavy (non-hydrogen) atoms. The van der Waals surface area contributed by atoms with Crippen LogP contribution in [0.4, 0.5) is 5.69 Å². The molecule has 1 aliphatic rings. The zero-order valence-electron chi connectivity index (χ0n) is 15.9. The predicted octanol–water partition coefficient (Wildman–Crippen LogP) is 4.85. The van der Waals surface area contributed by atoms with Crippen LogP contribution in [-0.4, -0.2) is 37.7 Å². The Labute approximate surface area is 174 Å². The highest BCUT2D eigenvalue weighted by atomic mass is 35.5. The first-order valence-corrected chi connectivity index (χ1v) is 10.4. The molecular weight excluding hydrogens is 398 g/mol. The SMILES string of the molecule is COc1cc(C(C)=O)ccc1OCCCC(=O)N1CCSc2ccc(Cl)cc21. The number of amides is 1. The lowest BCUT2D eigenvalue weighted by atomic mass is 10.1. The van der Waals surface area contributed by atoms with Gasteiger partial charge in [-0.2, -0.15) is 0 Å². The molecule has 0 bridgehead atoms. The fourth-order valence-electron chi connectivity index (χ4n) is 3.00. The van der Waals surface area contributed by atoms with E-state index in [9.17, 15) is 9.59 Å². The molecule has 0 unspecified atom stereocenters. The standard InChI is InChI=1S/C21H22ClNO4S/c1-14(24)15-5-7-18(19(12-15)26-2)27-10-3-4-21(25)23-9-11-28-20-8-6-16(22)13-17(20)23/h5-8,12-13H,3-4,9-11H2,1-2H3. The van der Waals surface area contributed by atoms with Crippen molar-refractivity contribution in [2.75, 3.05) is 30.9 Å². The highest BCUT2D eigenvalue weighted by Gasteiger charge is 2.23. The van der Waals surface area contributed by atoms with Gasteiger partial charge >= 0.3 is 0 Å². The van der Waals surface area contributed by atoms with Crippen molar-refractivity contribution in [2.45, 2.75) is 24.7 Å². The Balaban J connectivity index is 1.56. The predicted molar refractivity (Wildman–Crippen MR) is 112 cm³/mol. The van der Waals surface area contributed by atoms with Gasteiger partial charge in [-0.15, -0.1) is 11.8 Å². The Kier molecular flexibility index (Phi) is 6.86. The zero-order valence-corrected chi connectivity index (χ0v) is 17.4. The molecule has 1 heterocycles. The van der Waals surface area contributed by atoms with E-state index in [1.54, 1.807) is 34.9 Å². The minimum Gasteiger partial charge on any atom is -0.493 e. The van der Waals surface area contributed by atoms with Crippen molar-refractivity contribution in [1.29, 1.82) is 0 Å². The van der Waals surface area contributed by atoms with Gasteiger partial charge in [0.05, 0.1) is 19.4 Å². The molecule has 148 valence electrons. The lowest BCUT2D eigenvalue weighted by Gasteiger charge is -2.29. The van der Waals surface area contributed by atoms with Crippen molar-refractivity contribution in [3.63, 3.8) is 0 Å². The first kappa shape index (κ1) is 20.6. The highest BCUT2D eigenvalue weighted by Crippen LogP contribution is 2.37. The van der Waals surface area contributed by atoms with Gasteiger partial charge in [0.15, 0.2) is 17.3 Å². The lowest BCUT2D eigenvalue weighted by Crippen LogP contribution is -2.35. The molecule has 0 radical (unpaired) electrons. The third-order valence-electron chi connectivity index (χ3n) is 4.45. The van der Waals surface area contributed by atoms with E-state index in [-0.39, 0.29) is 11.7 Å². The number of rotatable bonds is 7. The zero-order chi connectivity index (χ0) is 20.1. The minimum absolute atomic E-state index is 0.0319. The summed E-state index contributed by atoms with van der Waals surface area (Å²) < 4.78 is 11.0. The number of carbonyl (C=O) groups excluding carboxylic acids is 2. The van der Waals surface area contributed by atoms with Crippen molar-refractivity contribution >= 4 is 40.7 Å². The van der Waals surface area contributed by atoms with E-state index >= 15 is 0 Å². The van der Waals surface area contributed by atoms with Crippen molar-refractivity contribution in [2.24, 2.45) is 0 Å². The summed E-state index contributed by atoms with van der Waals surface area (Å²) in [6.45, 7) is 2.57. The van der Waals surface area contributed by atoms with Crippen molar-refractivity contribution in [3.05, 3.63) is 47.0 Å². The number of hydrogen-bond donors (Lipinski definition) is 0. The molecule has 0 spiro atoms.